The number of para-hydroxylation sites is 1. The number of nitrogens with zero attached hydrogens (tertiary/aromatic N) is 1. The van der Waals surface area contributed by atoms with Crippen LogP contribution in [0.2, 0.25) is 0 Å². The largest absolute Gasteiger partial charge is 0.456 e. The smallest absolute Gasteiger partial charge is 0.137 e. The van der Waals surface area contributed by atoms with Gasteiger partial charge in [-0.15, -0.1) is 11.3 Å². The maximum absolute atomic E-state index is 6.40. The summed E-state index contributed by atoms with van der Waals surface area (Å²) in [6, 6.07) is 63.8. The zero-order valence-corrected chi connectivity index (χ0v) is 28.3. The minimum atomic E-state index is 0.883. The van der Waals surface area contributed by atoms with Gasteiger partial charge in [-0.3, -0.25) is 0 Å². The lowest BCUT2D eigenvalue weighted by molar-refractivity contribution is 0.669. The molecule has 9 aromatic carbocycles. The van der Waals surface area contributed by atoms with Crippen LogP contribution >= 0.6 is 11.3 Å². The number of benzene rings is 9. The molecular formula is C48H29NOS. The van der Waals surface area contributed by atoms with Crippen molar-refractivity contribution < 1.29 is 4.42 Å². The predicted molar refractivity (Wildman–Crippen MR) is 219 cm³/mol. The Kier molecular flexibility index (Phi) is 6.16. The fourth-order valence-corrected chi connectivity index (χ4v) is 9.24. The standard InChI is InChI=1S/C48H29NOS/c1-2-12-36-34(10-1)35-11-3-4-13-37(35)42-28-31(22-26-38(36)42)30-20-23-32(24-21-30)49(33-25-27-40-39-14-5-7-17-44(39)50-45(40)29-33)43-16-9-19-47-48(43)41-15-6-8-18-46(41)51-47/h1-29H. The van der Waals surface area contributed by atoms with E-state index in [0.717, 1.165) is 39.0 Å². The molecule has 0 saturated carbocycles. The Balaban J connectivity index is 1.09. The normalized spacial score (nSPS) is 11.9. The summed E-state index contributed by atoms with van der Waals surface area (Å²) in [4.78, 5) is 2.39. The molecule has 0 radical (unpaired) electrons. The third-order valence-corrected chi connectivity index (χ3v) is 11.6. The molecule has 0 bridgehead atoms. The summed E-state index contributed by atoms with van der Waals surface area (Å²) >= 11 is 1.85. The van der Waals surface area contributed by atoms with Crippen LogP contribution in [-0.2, 0) is 0 Å². The van der Waals surface area contributed by atoms with Gasteiger partial charge in [0.25, 0.3) is 0 Å². The van der Waals surface area contributed by atoms with Gasteiger partial charge in [-0.25, -0.2) is 0 Å². The lowest BCUT2D eigenvalue weighted by atomic mass is 9.92. The van der Waals surface area contributed by atoms with Crippen LogP contribution < -0.4 is 4.90 Å². The molecule has 0 aliphatic heterocycles. The van der Waals surface area contributed by atoms with E-state index in [1.165, 1.54) is 63.6 Å². The van der Waals surface area contributed by atoms with Crippen LogP contribution in [0.5, 0.6) is 0 Å². The summed E-state index contributed by atoms with van der Waals surface area (Å²) in [6.07, 6.45) is 0. The first-order valence-corrected chi connectivity index (χ1v) is 18.2. The second-order valence-electron chi connectivity index (χ2n) is 13.3. The van der Waals surface area contributed by atoms with Gasteiger partial charge in [0, 0.05) is 48.4 Å². The number of thiophene rings is 1. The van der Waals surface area contributed by atoms with Crippen molar-refractivity contribution in [3.63, 3.8) is 0 Å². The van der Waals surface area contributed by atoms with Crippen molar-refractivity contribution >= 4 is 103 Å². The van der Waals surface area contributed by atoms with Crippen LogP contribution in [0.25, 0.3) is 85.6 Å². The van der Waals surface area contributed by atoms with Crippen LogP contribution in [0.15, 0.2) is 180 Å². The molecule has 2 nitrogen and oxygen atoms in total. The Bertz CT molecular complexity index is 3110. The van der Waals surface area contributed by atoms with Crippen LogP contribution in [-0.4, -0.2) is 0 Å². The minimum absolute atomic E-state index is 0.883. The van der Waals surface area contributed by atoms with E-state index in [1.54, 1.807) is 0 Å². The number of furan rings is 1. The van der Waals surface area contributed by atoms with Gasteiger partial charge >= 0.3 is 0 Å². The minimum Gasteiger partial charge on any atom is -0.456 e. The van der Waals surface area contributed by atoms with Gasteiger partial charge in [-0.2, -0.15) is 0 Å². The van der Waals surface area contributed by atoms with Gasteiger partial charge in [0.1, 0.15) is 11.2 Å². The van der Waals surface area contributed by atoms with Crippen molar-refractivity contribution in [2.45, 2.75) is 0 Å². The molecule has 2 aromatic heterocycles. The molecule has 0 spiro atoms. The van der Waals surface area contributed by atoms with E-state index < -0.39 is 0 Å². The molecule has 51 heavy (non-hydrogen) atoms. The van der Waals surface area contributed by atoms with Crippen molar-refractivity contribution in [3.05, 3.63) is 176 Å². The van der Waals surface area contributed by atoms with Gasteiger partial charge in [-0.05, 0) is 98.0 Å². The highest BCUT2D eigenvalue weighted by atomic mass is 32.1. The molecule has 0 aliphatic rings. The highest BCUT2D eigenvalue weighted by molar-refractivity contribution is 7.26. The summed E-state index contributed by atoms with van der Waals surface area (Å²) in [5.41, 5.74) is 7.48. The number of rotatable bonds is 4. The lowest BCUT2D eigenvalue weighted by Crippen LogP contribution is -2.10. The van der Waals surface area contributed by atoms with Crippen molar-refractivity contribution in [1.82, 2.24) is 0 Å². The van der Waals surface area contributed by atoms with E-state index in [0.29, 0.717) is 0 Å². The summed E-state index contributed by atoms with van der Waals surface area (Å²) < 4.78 is 8.97. The number of hydrogen-bond donors (Lipinski definition) is 0. The first kappa shape index (κ1) is 28.4. The molecule has 0 atom stereocenters. The summed E-state index contributed by atoms with van der Waals surface area (Å²) in [7, 11) is 0. The number of anilines is 3. The van der Waals surface area contributed by atoms with Crippen LogP contribution in [0.4, 0.5) is 17.1 Å². The SMILES string of the molecule is c1ccc2c(c1)oc1cc(N(c3ccc(-c4ccc5c6ccccc6c6ccccc6c5c4)cc3)c3cccc4sc5ccccc5c34)ccc12. The molecule has 11 rings (SSSR count). The Morgan fingerprint density at radius 3 is 1.67 bits per heavy atom. The van der Waals surface area contributed by atoms with E-state index in [9.17, 15) is 0 Å². The van der Waals surface area contributed by atoms with E-state index in [2.05, 4.69) is 169 Å². The second kappa shape index (κ2) is 11.0. The molecule has 0 saturated heterocycles. The van der Waals surface area contributed by atoms with Crippen molar-refractivity contribution in [3.8, 4) is 11.1 Å². The highest BCUT2D eigenvalue weighted by Crippen LogP contribution is 2.46. The zero-order valence-electron chi connectivity index (χ0n) is 27.5. The highest BCUT2D eigenvalue weighted by Gasteiger charge is 2.20. The molecular weight excluding hydrogens is 639 g/mol. The van der Waals surface area contributed by atoms with Crippen molar-refractivity contribution in [2.75, 3.05) is 4.90 Å². The number of hydrogen-bond acceptors (Lipinski definition) is 3. The summed E-state index contributed by atoms with van der Waals surface area (Å²) in [5.74, 6) is 0. The van der Waals surface area contributed by atoms with Gasteiger partial charge in [-0.1, -0.05) is 115 Å². The Morgan fingerprint density at radius 1 is 0.353 bits per heavy atom. The number of fused-ring (bicyclic) bond motifs is 12. The third-order valence-electron chi connectivity index (χ3n) is 10.4. The first-order valence-electron chi connectivity index (χ1n) is 17.3. The van der Waals surface area contributed by atoms with E-state index >= 15 is 0 Å². The Hall–Kier alpha value is -6.42. The maximum Gasteiger partial charge on any atom is 0.137 e. The molecule has 0 N–H and O–H groups in total. The van der Waals surface area contributed by atoms with Crippen molar-refractivity contribution in [2.24, 2.45) is 0 Å². The predicted octanol–water partition coefficient (Wildman–Crippen LogP) is 14.6. The zero-order chi connectivity index (χ0) is 33.5. The molecule has 0 amide bonds. The van der Waals surface area contributed by atoms with Gasteiger partial charge in [0.2, 0.25) is 0 Å². The third kappa shape index (κ3) is 4.35. The summed E-state index contributed by atoms with van der Waals surface area (Å²) in [5, 5.41) is 12.5. The molecule has 0 fully saturated rings. The lowest BCUT2D eigenvalue weighted by Gasteiger charge is -2.26. The average molecular weight is 668 g/mol. The maximum atomic E-state index is 6.40. The van der Waals surface area contributed by atoms with Crippen LogP contribution in [0.3, 0.4) is 0 Å². The quantitative estimate of drug-likeness (QED) is 0.174. The average Bonchev–Trinajstić information content (AvgIpc) is 3.77. The summed E-state index contributed by atoms with van der Waals surface area (Å²) in [6.45, 7) is 0. The fourth-order valence-electron chi connectivity index (χ4n) is 8.11. The van der Waals surface area contributed by atoms with Crippen LogP contribution in [0.1, 0.15) is 0 Å². The molecule has 2 heterocycles. The monoisotopic (exact) mass is 667 g/mol. The molecule has 3 heteroatoms. The molecule has 11 aromatic rings. The van der Waals surface area contributed by atoms with E-state index in [1.807, 2.05) is 23.5 Å². The molecule has 0 aliphatic carbocycles. The molecule has 0 unspecified atom stereocenters. The first-order chi connectivity index (χ1) is 25.3. The van der Waals surface area contributed by atoms with Crippen molar-refractivity contribution in [1.29, 1.82) is 0 Å². The second-order valence-corrected chi connectivity index (χ2v) is 14.3. The topological polar surface area (TPSA) is 16.4 Å². The van der Waals surface area contributed by atoms with Gasteiger partial charge in [0.05, 0.1) is 5.69 Å². The van der Waals surface area contributed by atoms with Gasteiger partial charge in [0.15, 0.2) is 0 Å². The fraction of sp³-hybridized carbons (Fsp3) is 0. The van der Waals surface area contributed by atoms with E-state index in [4.69, 9.17) is 4.42 Å². The van der Waals surface area contributed by atoms with Gasteiger partial charge < -0.3 is 9.32 Å². The van der Waals surface area contributed by atoms with E-state index in [-0.39, 0.29) is 0 Å². The Morgan fingerprint density at radius 2 is 0.902 bits per heavy atom. The van der Waals surface area contributed by atoms with Crippen LogP contribution in [0, 0.1) is 0 Å². The Labute approximate surface area is 298 Å². The molecule has 238 valence electrons.